The molecular formula is C29H30FN5O2. The van der Waals surface area contributed by atoms with Crippen molar-refractivity contribution < 1.29 is 14.0 Å². The first-order valence-electron chi connectivity index (χ1n) is 12.3. The highest BCUT2D eigenvalue weighted by Gasteiger charge is 2.20. The fourth-order valence-electron chi connectivity index (χ4n) is 4.05. The summed E-state index contributed by atoms with van der Waals surface area (Å²) in [7, 11) is 2.07. The van der Waals surface area contributed by atoms with Crippen molar-refractivity contribution >= 4 is 17.6 Å². The number of likely N-dealkylation sites (tertiary alicyclic amines) is 1. The van der Waals surface area contributed by atoms with Gasteiger partial charge in [0.05, 0.1) is 5.56 Å². The lowest BCUT2D eigenvalue weighted by Crippen LogP contribution is -2.43. The Balaban J connectivity index is 1.47. The van der Waals surface area contributed by atoms with Crippen molar-refractivity contribution in [3.63, 3.8) is 0 Å². The quantitative estimate of drug-likeness (QED) is 0.451. The summed E-state index contributed by atoms with van der Waals surface area (Å²) in [6, 6.07) is 14.4. The van der Waals surface area contributed by atoms with E-state index in [-0.39, 0.29) is 23.8 Å². The number of halogens is 1. The van der Waals surface area contributed by atoms with Crippen LogP contribution in [0.3, 0.4) is 0 Å². The molecule has 1 aliphatic rings. The monoisotopic (exact) mass is 499 g/mol. The third-order valence-electron chi connectivity index (χ3n) is 6.18. The van der Waals surface area contributed by atoms with Gasteiger partial charge in [0.1, 0.15) is 5.82 Å². The van der Waals surface area contributed by atoms with Crippen LogP contribution in [0.15, 0.2) is 67.0 Å². The Morgan fingerprint density at radius 3 is 2.59 bits per heavy atom. The van der Waals surface area contributed by atoms with Gasteiger partial charge >= 0.3 is 6.03 Å². The Labute approximate surface area is 216 Å². The van der Waals surface area contributed by atoms with Crippen LogP contribution in [0.2, 0.25) is 0 Å². The van der Waals surface area contributed by atoms with Gasteiger partial charge in [0.25, 0.3) is 5.91 Å². The molecule has 4 rings (SSSR count). The van der Waals surface area contributed by atoms with Crippen molar-refractivity contribution in [2.24, 2.45) is 0 Å². The molecule has 3 amide bonds. The number of hydrogen-bond acceptors (Lipinski definition) is 4. The van der Waals surface area contributed by atoms with Gasteiger partial charge in [-0.15, -0.1) is 0 Å². The maximum atomic E-state index is 13.3. The first kappa shape index (κ1) is 25.9. The molecule has 0 saturated carbocycles. The van der Waals surface area contributed by atoms with Crippen molar-refractivity contribution in [2.75, 3.05) is 32.0 Å². The molecule has 7 nitrogen and oxygen atoms in total. The number of carbonyl (C=O) groups is 2. The number of urea groups is 1. The summed E-state index contributed by atoms with van der Waals surface area (Å²) in [5.74, 6) is 5.47. The third kappa shape index (κ3) is 7.89. The van der Waals surface area contributed by atoms with Crippen LogP contribution in [0.5, 0.6) is 0 Å². The molecule has 0 atom stereocenters. The zero-order valence-corrected chi connectivity index (χ0v) is 20.8. The second kappa shape index (κ2) is 12.7. The zero-order valence-electron chi connectivity index (χ0n) is 20.8. The minimum atomic E-state index is -0.357. The predicted molar refractivity (Wildman–Crippen MR) is 142 cm³/mol. The summed E-state index contributed by atoms with van der Waals surface area (Å²) >= 11 is 0. The van der Waals surface area contributed by atoms with Crippen molar-refractivity contribution in [1.82, 2.24) is 20.5 Å². The molecular weight excluding hydrogens is 469 g/mol. The molecule has 0 radical (unpaired) electrons. The summed E-state index contributed by atoms with van der Waals surface area (Å²) in [5, 5.41) is 8.75. The fraction of sp³-hybridized carbons (Fsp3) is 0.276. The molecule has 190 valence electrons. The van der Waals surface area contributed by atoms with Crippen LogP contribution >= 0.6 is 0 Å². The maximum Gasteiger partial charge on any atom is 0.319 e. The normalized spacial score (nSPS) is 13.8. The predicted octanol–water partition coefficient (Wildman–Crippen LogP) is 3.81. The van der Waals surface area contributed by atoms with E-state index in [9.17, 15) is 14.0 Å². The summed E-state index contributed by atoms with van der Waals surface area (Å²) in [6.07, 6.45) is 5.90. The number of amides is 3. The third-order valence-corrected chi connectivity index (χ3v) is 6.18. The highest BCUT2D eigenvalue weighted by atomic mass is 19.1. The number of anilines is 1. The molecule has 0 unspecified atom stereocenters. The van der Waals surface area contributed by atoms with E-state index in [4.69, 9.17) is 0 Å². The number of nitrogens with zero attached hydrogens (tertiary/aromatic N) is 2. The largest absolute Gasteiger partial charge is 0.349 e. The van der Waals surface area contributed by atoms with E-state index in [0.29, 0.717) is 35.3 Å². The van der Waals surface area contributed by atoms with E-state index in [1.165, 1.54) is 12.1 Å². The van der Waals surface area contributed by atoms with E-state index in [0.717, 1.165) is 31.5 Å². The SMILES string of the molecule is CN1CCC(NC(=O)c2ccc(NC(=O)NCCc3cccnc3)cc2C#Cc2ccc(F)cc2)CC1. The molecule has 0 bridgehead atoms. The molecule has 37 heavy (non-hydrogen) atoms. The van der Waals surface area contributed by atoms with E-state index in [1.54, 1.807) is 42.7 Å². The lowest BCUT2D eigenvalue weighted by Gasteiger charge is -2.29. The molecule has 1 aromatic heterocycles. The lowest BCUT2D eigenvalue weighted by molar-refractivity contribution is 0.0916. The van der Waals surface area contributed by atoms with E-state index in [2.05, 4.69) is 44.7 Å². The maximum absolute atomic E-state index is 13.3. The Kier molecular flexibility index (Phi) is 8.84. The number of hydrogen-bond donors (Lipinski definition) is 3. The lowest BCUT2D eigenvalue weighted by atomic mass is 10.0. The molecule has 1 saturated heterocycles. The van der Waals surface area contributed by atoms with Gasteiger partial charge in [-0.2, -0.15) is 0 Å². The van der Waals surface area contributed by atoms with Gasteiger partial charge in [-0.25, -0.2) is 9.18 Å². The molecule has 8 heteroatoms. The number of piperidine rings is 1. The van der Waals surface area contributed by atoms with Crippen molar-refractivity contribution in [3.8, 4) is 11.8 Å². The van der Waals surface area contributed by atoms with Crippen molar-refractivity contribution in [3.05, 3.63) is 95.1 Å². The highest BCUT2D eigenvalue weighted by molar-refractivity contribution is 5.98. The number of carbonyl (C=O) groups excluding carboxylic acids is 2. The number of nitrogens with one attached hydrogen (secondary N) is 3. The number of pyridine rings is 1. The average molecular weight is 500 g/mol. The fourth-order valence-corrected chi connectivity index (χ4v) is 4.05. The molecule has 3 N–H and O–H groups in total. The van der Waals surface area contributed by atoms with E-state index < -0.39 is 0 Å². The molecule has 2 aromatic carbocycles. The Morgan fingerprint density at radius 1 is 1.08 bits per heavy atom. The molecule has 1 aliphatic heterocycles. The Bertz CT molecular complexity index is 1280. The molecule has 3 aromatic rings. The van der Waals surface area contributed by atoms with Gasteiger partial charge in [0, 0.05) is 41.8 Å². The molecule has 0 aliphatic carbocycles. The minimum Gasteiger partial charge on any atom is -0.349 e. The van der Waals surface area contributed by atoms with E-state index in [1.807, 2.05) is 12.1 Å². The number of aromatic nitrogens is 1. The Morgan fingerprint density at radius 2 is 1.86 bits per heavy atom. The molecule has 0 spiro atoms. The first-order chi connectivity index (χ1) is 18.0. The smallest absolute Gasteiger partial charge is 0.319 e. The molecule has 1 fully saturated rings. The Hall–Kier alpha value is -4.22. The van der Waals surface area contributed by atoms with Crippen LogP contribution in [0.4, 0.5) is 14.9 Å². The van der Waals surface area contributed by atoms with Gasteiger partial charge in [0.15, 0.2) is 0 Å². The van der Waals surface area contributed by atoms with Gasteiger partial charge in [-0.05, 0) is 93.5 Å². The second-order valence-corrected chi connectivity index (χ2v) is 9.06. The van der Waals surface area contributed by atoms with Gasteiger partial charge in [0.2, 0.25) is 0 Å². The van der Waals surface area contributed by atoms with Crippen LogP contribution in [0.1, 0.15) is 39.9 Å². The van der Waals surface area contributed by atoms with Crippen LogP contribution < -0.4 is 16.0 Å². The van der Waals surface area contributed by atoms with Gasteiger partial charge < -0.3 is 20.9 Å². The highest BCUT2D eigenvalue weighted by Crippen LogP contribution is 2.17. The zero-order chi connectivity index (χ0) is 26.0. The van der Waals surface area contributed by atoms with Crippen LogP contribution in [0, 0.1) is 17.7 Å². The summed E-state index contributed by atoms with van der Waals surface area (Å²) < 4.78 is 13.3. The topological polar surface area (TPSA) is 86.4 Å². The number of benzene rings is 2. The number of rotatable bonds is 6. The van der Waals surface area contributed by atoms with Crippen molar-refractivity contribution in [1.29, 1.82) is 0 Å². The first-order valence-corrected chi connectivity index (χ1v) is 12.3. The standard InChI is InChI=1S/C29H30FN5O2/c1-35-17-13-25(14-18-35)33-28(36)27-11-10-26(19-23(27)7-4-21-5-8-24(30)9-6-21)34-29(37)32-16-12-22-3-2-15-31-20-22/h2-3,5-6,8-11,15,19-20,25H,12-14,16-18H2,1H3,(H,33,36)(H2,32,34,37). The van der Waals surface area contributed by atoms with Crippen molar-refractivity contribution in [2.45, 2.75) is 25.3 Å². The summed E-state index contributed by atoms with van der Waals surface area (Å²) in [5.41, 5.74) is 3.06. The summed E-state index contributed by atoms with van der Waals surface area (Å²) in [6.45, 7) is 2.31. The van der Waals surface area contributed by atoms with Gasteiger partial charge in [-0.1, -0.05) is 17.9 Å². The van der Waals surface area contributed by atoms with Crippen LogP contribution in [-0.2, 0) is 6.42 Å². The summed E-state index contributed by atoms with van der Waals surface area (Å²) in [4.78, 5) is 31.9. The molecule has 2 heterocycles. The second-order valence-electron chi connectivity index (χ2n) is 9.06. The van der Waals surface area contributed by atoms with Gasteiger partial charge in [-0.3, -0.25) is 9.78 Å². The minimum absolute atomic E-state index is 0.102. The average Bonchev–Trinajstić information content (AvgIpc) is 2.90. The van der Waals surface area contributed by atoms with Crippen LogP contribution in [-0.4, -0.2) is 54.5 Å². The van der Waals surface area contributed by atoms with Crippen LogP contribution in [0.25, 0.3) is 0 Å². The van der Waals surface area contributed by atoms with E-state index >= 15 is 0 Å².